The number of halogens is 2. The third-order valence-electron chi connectivity index (χ3n) is 6.13. The van der Waals surface area contributed by atoms with E-state index in [0.717, 1.165) is 47.8 Å². The van der Waals surface area contributed by atoms with Gasteiger partial charge < -0.3 is 10.5 Å². The fourth-order valence-corrected chi connectivity index (χ4v) is 5.61. The van der Waals surface area contributed by atoms with Gasteiger partial charge in [0.1, 0.15) is 16.5 Å². The monoisotopic (exact) mass is 485 g/mol. The van der Waals surface area contributed by atoms with Crippen molar-refractivity contribution in [2.75, 3.05) is 0 Å². The number of rotatable bonds is 7. The number of nitrogens with zero attached hydrogens (tertiary/aromatic N) is 2. The highest BCUT2D eigenvalue weighted by molar-refractivity contribution is 7.13. The van der Waals surface area contributed by atoms with E-state index in [0.29, 0.717) is 5.92 Å². The average molecular weight is 486 g/mol. The fraction of sp³-hybridized carbons (Fsp3) is 0.423. The van der Waals surface area contributed by atoms with Crippen LogP contribution in [0.3, 0.4) is 0 Å². The quantitative estimate of drug-likeness (QED) is 0.420. The van der Waals surface area contributed by atoms with Crippen LogP contribution in [0.4, 0.5) is 8.78 Å². The zero-order valence-corrected chi connectivity index (χ0v) is 20.4. The van der Waals surface area contributed by atoms with Crippen molar-refractivity contribution in [3.63, 3.8) is 0 Å². The van der Waals surface area contributed by atoms with Crippen LogP contribution in [0.5, 0.6) is 5.75 Å². The van der Waals surface area contributed by atoms with Crippen LogP contribution < -0.4 is 10.5 Å². The summed E-state index contributed by atoms with van der Waals surface area (Å²) in [4.78, 5) is 21.6. The molecular weight excluding hydrogens is 456 g/mol. The van der Waals surface area contributed by atoms with Crippen molar-refractivity contribution in [2.45, 2.75) is 64.5 Å². The van der Waals surface area contributed by atoms with Gasteiger partial charge >= 0.3 is 0 Å². The Bertz CT molecular complexity index is 1170. The lowest BCUT2D eigenvalue weighted by Crippen LogP contribution is -2.31. The zero-order valence-electron chi connectivity index (χ0n) is 19.6. The maximum atomic E-state index is 15.0. The van der Waals surface area contributed by atoms with Gasteiger partial charge in [0.05, 0.1) is 11.7 Å². The molecule has 1 fully saturated rings. The second kappa shape index (κ2) is 10.3. The van der Waals surface area contributed by atoms with Crippen molar-refractivity contribution in [3.05, 3.63) is 64.4 Å². The lowest BCUT2D eigenvalue weighted by molar-refractivity contribution is 0.0988. The van der Waals surface area contributed by atoms with E-state index in [2.05, 4.69) is 16.9 Å². The van der Waals surface area contributed by atoms with Crippen LogP contribution in [-0.4, -0.2) is 27.9 Å². The van der Waals surface area contributed by atoms with Crippen molar-refractivity contribution < 1.29 is 18.3 Å². The first-order chi connectivity index (χ1) is 16.2. The predicted molar refractivity (Wildman–Crippen MR) is 129 cm³/mol. The first-order valence-electron chi connectivity index (χ1n) is 11.5. The molecule has 5 nitrogen and oxygen atoms in total. The molecule has 4 rings (SSSR count). The maximum absolute atomic E-state index is 15.0. The Morgan fingerprint density at radius 1 is 1.24 bits per heavy atom. The molecule has 180 valence electrons. The number of carbonyl (C=O) groups is 1. The third-order valence-corrected chi connectivity index (χ3v) is 6.99. The normalized spacial score (nSPS) is 20.5. The van der Waals surface area contributed by atoms with Crippen molar-refractivity contribution in [3.8, 4) is 16.3 Å². The average Bonchev–Trinajstić information content (AvgIpc) is 3.25. The number of hydrogen-bond acceptors (Lipinski definition) is 6. The number of nitrogens with two attached hydrogens (primary N) is 1. The minimum atomic E-state index is -0.820. The summed E-state index contributed by atoms with van der Waals surface area (Å²) in [6.07, 6.45) is 6.22. The Morgan fingerprint density at radius 2 is 2.03 bits per heavy atom. The molecule has 34 heavy (non-hydrogen) atoms. The largest absolute Gasteiger partial charge is 0.488 e. The van der Waals surface area contributed by atoms with Crippen LogP contribution in [-0.2, 0) is 6.42 Å². The summed E-state index contributed by atoms with van der Waals surface area (Å²) in [5, 5.41) is 1.65. The first kappa shape index (κ1) is 24.4. The third kappa shape index (κ3) is 5.33. The second-order valence-electron chi connectivity index (χ2n) is 9.38. The highest BCUT2D eigenvalue weighted by Crippen LogP contribution is 2.37. The Balaban J connectivity index is 1.57. The summed E-state index contributed by atoms with van der Waals surface area (Å²) in [7, 11) is 0. The molecule has 1 aromatic carbocycles. The summed E-state index contributed by atoms with van der Waals surface area (Å²) >= 11 is 1.03. The summed E-state index contributed by atoms with van der Waals surface area (Å²) < 4.78 is 34.9. The van der Waals surface area contributed by atoms with Crippen LogP contribution in [0, 0.1) is 17.6 Å². The van der Waals surface area contributed by atoms with Crippen molar-refractivity contribution in [2.24, 2.45) is 11.7 Å². The molecule has 2 N–H and O–H groups in total. The van der Waals surface area contributed by atoms with E-state index in [1.54, 1.807) is 31.6 Å². The number of thiazole rings is 1. The van der Waals surface area contributed by atoms with Crippen molar-refractivity contribution >= 4 is 17.1 Å². The molecule has 0 amide bonds. The minimum Gasteiger partial charge on any atom is -0.488 e. The van der Waals surface area contributed by atoms with Crippen molar-refractivity contribution in [1.29, 1.82) is 0 Å². The van der Waals surface area contributed by atoms with E-state index in [4.69, 9.17) is 10.5 Å². The molecule has 2 aromatic heterocycles. The molecule has 0 unspecified atom stereocenters. The Kier molecular flexibility index (Phi) is 7.38. The minimum absolute atomic E-state index is 0.0469. The summed E-state index contributed by atoms with van der Waals surface area (Å²) in [6, 6.07) is 4.52. The number of aromatic nitrogens is 2. The van der Waals surface area contributed by atoms with Gasteiger partial charge in [-0.2, -0.15) is 0 Å². The van der Waals surface area contributed by atoms with Crippen LogP contribution in [0.2, 0.25) is 0 Å². The lowest BCUT2D eigenvalue weighted by atomic mass is 9.75. The number of hydrogen-bond donors (Lipinski definition) is 1. The molecule has 1 aliphatic rings. The maximum Gasteiger partial charge on any atom is 0.186 e. The topological polar surface area (TPSA) is 78.1 Å². The summed E-state index contributed by atoms with van der Waals surface area (Å²) in [5.41, 5.74) is 8.09. The van der Waals surface area contributed by atoms with E-state index < -0.39 is 11.6 Å². The number of Topliss-reactive ketones (excluding diaryl/α,β-unsaturated/α-hetero) is 1. The molecule has 3 atom stereocenters. The molecule has 0 radical (unpaired) electrons. The number of ether oxygens (including phenoxy) is 1. The van der Waals surface area contributed by atoms with E-state index in [1.807, 2.05) is 6.07 Å². The van der Waals surface area contributed by atoms with Gasteiger partial charge in [-0.05, 0) is 74.3 Å². The molecule has 0 bridgehead atoms. The molecule has 8 heteroatoms. The van der Waals surface area contributed by atoms with E-state index in [1.165, 1.54) is 6.07 Å². The SMILES string of the molecule is CC(C)Oc1ccc(F)c(-c2nc(C(=O)Cc3cnccc3[C@@H]3C[C@H](C)C[C@H](N)C3)cs2)c1F. The van der Waals surface area contributed by atoms with Crippen LogP contribution in [0.25, 0.3) is 10.6 Å². The standard InChI is InChI=1S/C26H29F2N3O2S/c1-14(2)33-23-5-4-20(27)24(25(23)28)26-31-21(13-34-26)22(32)11-17-12-30-7-6-19(17)16-8-15(3)9-18(29)10-16/h4-7,12-16,18H,8-11,29H2,1-3H3/t15-,16+,18-/m0/s1. The number of carbonyl (C=O) groups excluding carboxylic acids is 1. The van der Waals surface area contributed by atoms with Crippen LogP contribution in [0.1, 0.15) is 67.6 Å². The van der Waals surface area contributed by atoms with Gasteiger partial charge in [-0.1, -0.05) is 6.92 Å². The number of benzene rings is 1. The Morgan fingerprint density at radius 3 is 2.76 bits per heavy atom. The predicted octanol–water partition coefficient (Wildman–Crippen LogP) is 5.93. The van der Waals surface area contributed by atoms with Gasteiger partial charge in [-0.15, -0.1) is 11.3 Å². The van der Waals surface area contributed by atoms with Gasteiger partial charge in [0, 0.05) is 30.2 Å². The van der Waals surface area contributed by atoms with Gasteiger partial charge in [0.15, 0.2) is 17.3 Å². The van der Waals surface area contributed by atoms with E-state index >= 15 is 0 Å². The molecule has 1 aliphatic carbocycles. The van der Waals surface area contributed by atoms with Gasteiger partial charge in [0.25, 0.3) is 0 Å². The van der Waals surface area contributed by atoms with Crippen LogP contribution in [0.15, 0.2) is 36.0 Å². The molecule has 1 saturated carbocycles. The van der Waals surface area contributed by atoms with Gasteiger partial charge in [-0.3, -0.25) is 9.78 Å². The summed E-state index contributed by atoms with van der Waals surface area (Å²) in [6.45, 7) is 5.72. The van der Waals surface area contributed by atoms with Gasteiger partial charge in [-0.25, -0.2) is 13.8 Å². The summed E-state index contributed by atoms with van der Waals surface area (Å²) in [5.74, 6) is -1.04. The second-order valence-corrected chi connectivity index (χ2v) is 10.2. The van der Waals surface area contributed by atoms with Crippen molar-refractivity contribution in [1.82, 2.24) is 9.97 Å². The fourth-order valence-electron chi connectivity index (χ4n) is 4.75. The first-order valence-corrected chi connectivity index (χ1v) is 12.4. The zero-order chi connectivity index (χ0) is 24.4. The number of ketones is 1. The molecule has 0 saturated heterocycles. The number of pyridine rings is 1. The lowest BCUT2D eigenvalue weighted by Gasteiger charge is -2.32. The Hall–Kier alpha value is -2.71. The highest BCUT2D eigenvalue weighted by Gasteiger charge is 2.28. The van der Waals surface area contributed by atoms with Crippen LogP contribution >= 0.6 is 11.3 Å². The highest BCUT2D eigenvalue weighted by atomic mass is 32.1. The van der Waals surface area contributed by atoms with Gasteiger partial charge in [0.2, 0.25) is 0 Å². The molecule has 0 aliphatic heterocycles. The van der Waals surface area contributed by atoms with E-state index in [9.17, 15) is 13.6 Å². The Labute approximate surface area is 202 Å². The molecular formula is C26H29F2N3O2S. The molecule has 3 aromatic rings. The van der Waals surface area contributed by atoms with E-state index in [-0.39, 0.29) is 52.3 Å². The molecule has 2 heterocycles. The smallest absolute Gasteiger partial charge is 0.186 e. The molecule has 0 spiro atoms.